The van der Waals surface area contributed by atoms with Crippen LogP contribution in [0.25, 0.3) is 94.3 Å². The van der Waals surface area contributed by atoms with Crippen LogP contribution in [0.3, 0.4) is 0 Å². The van der Waals surface area contributed by atoms with E-state index in [0.29, 0.717) is 5.82 Å². The van der Waals surface area contributed by atoms with Gasteiger partial charge in [-0.2, -0.15) is 0 Å². The molecule has 3 aromatic heterocycles. The van der Waals surface area contributed by atoms with Gasteiger partial charge in [0.25, 0.3) is 0 Å². The van der Waals surface area contributed by atoms with E-state index in [2.05, 4.69) is 144 Å². The second-order valence-corrected chi connectivity index (χ2v) is 12.8. The normalized spacial score (nSPS) is 11.5. The zero-order valence-electron chi connectivity index (χ0n) is 27.6. The molecule has 0 aliphatic heterocycles. The lowest BCUT2D eigenvalue weighted by Gasteiger charge is -2.14. The SMILES string of the molecule is c1ccc(-c2cc(-c3ccc(-c4ccc5c(c4)c4ccccc4n5-c4ccccc4)c4ccccc34)nc(-c3ccc4ccccc4n3)n2)cc1. The molecule has 0 aliphatic rings. The van der Waals surface area contributed by atoms with Crippen LogP contribution in [-0.4, -0.2) is 19.5 Å². The molecule has 0 atom stereocenters. The Labute approximate surface area is 295 Å². The van der Waals surface area contributed by atoms with Crippen molar-refractivity contribution < 1.29 is 0 Å². The Bertz CT molecular complexity index is 2910. The quantitative estimate of drug-likeness (QED) is 0.186. The molecule has 0 amide bonds. The molecule has 0 saturated carbocycles. The Balaban J connectivity index is 1.15. The molecule has 7 aromatic carbocycles. The molecule has 238 valence electrons. The van der Waals surface area contributed by atoms with Crippen molar-refractivity contribution in [1.29, 1.82) is 0 Å². The molecule has 0 unspecified atom stereocenters. The minimum absolute atomic E-state index is 0.602. The van der Waals surface area contributed by atoms with Crippen LogP contribution in [0.5, 0.6) is 0 Å². The van der Waals surface area contributed by atoms with E-state index in [4.69, 9.17) is 15.0 Å². The lowest BCUT2D eigenvalue weighted by atomic mass is 9.92. The molecule has 0 aliphatic carbocycles. The first-order valence-corrected chi connectivity index (χ1v) is 17.2. The predicted octanol–water partition coefficient (Wildman–Crippen LogP) is 11.9. The average Bonchev–Trinajstić information content (AvgIpc) is 3.54. The molecule has 10 aromatic rings. The summed E-state index contributed by atoms with van der Waals surface area (Å²) in [4.78, 5) is 15.2. The number of pyridine rings is 1. The molecule has 0 spiro atoms. The number of para-hydroxylation sites is 3. The molecule has 3 heterocycles. The molecule has 10 rings (SSSR count). The maximum Gasteiger partial charge on any atom is 0.179 e. The van der Waals surface area contributed by atoms with Crippen LogP contribution in [0.2, 0.25) is 0 Å². The molecule has 0 radical (unpaired) electrons. The van der Waals surface area contributed by atoms with Gasteiger partial charge in [-0.25, -0.2) is 15.0 Å². The summed E-state index contributed by atoms with van der Waals surface area (Å²) >= 11 is 0. The standard InChI is InChI=1S/C47H30N4/c1-3-13-31(14-4-1)43-30-44(50-47(49-43)42-27-23-32-15-7-11-21-41(32)48-42)38-26-25-35(36-18-8-9-19-37(36)38)33-24-28-46-40(29-33)39-20-10-12-22-45(39)51(46)34-16-5-2-6-17-34/h1-30H. The summed E-state index contributed by atoms with van der Waals surface area (Å²) in [5, 5.41) is 5.87. The van der Waals surface area contributed by atoms with E-state index in [-0.39, 0.29) is 0 Å². The Kier molecular flexibility index (Phi) is 6.78. The summed E-state index contributed by atoms with van der Waals surface area (Å²) in [5.74, 6) is 0.602. The number of fused-ring (bicyclic) bond motifs is 5. The van der Waals surface area contributed by atoms with Gasteiger partial charge in [-0.1, -0.05) is 133 Å². The molecule has 0 fully saturated rings. The number of nitrogens with zero attached hydrogens (tertiary/aromatic N) is 4. The first kappa shape index (κ1) is 29.0. The maximum atomic E-state index is 5.19. The van der Waals surface area contributed by atoms with Crippen LogP contribution in [0, 0.1) is 0 Å². The first-order chi connectivity index (χ1) is 25.3. The van der Waals surface area contributed by atoms with Crippen LogP contribution in [0.15, 0.2) is 182 Å². The van der Waals surface area contributed by atoms with Gasteiger partial charge in [0.2, 0.25) is 0 Å². The molecular weight excluding hydrogens is 621 g/mol. The van der Waals surface area contributed by atoms with E-state index in [9.17, 15) is 0 Å². The molecular formula is C47H30N4. The highest BCUT2D eigenvalue weighted by Crippen LogP contribution is 2.40. The third kappa shape index (κ3) is 4.96. The zero-order valence-corrected chi connectivity index (χ0v) is 27.6. The Morgan fingerprint density at radius 3 is 1.84 bits per heavy atom. The lowest BCUT2D eigenvalue weighted by Crippen LogP contribution is -1.98. The summed E-state index contributed by atoms with van der Waals surface area (Å²) in [6.07, 6.45) is 0. The van der Waals surface area contributed by atoms with Crippen molar-refractivity contribution in [3.8, 4) is 50.8 Å². The Morgan fingerprint density at radius 2 is 1.00 bits per heavy atom. The van der Waals surface area contributed by atoms with Gasteiger partial charge in [-0.15, -0.1) is 0 Å². The van der Waals surface area contributed by atoms with Gasteiger partial charge in [-0.3, -0.25) is 0 Å². The molecule has 51 heavy (non-hydrogen) atoms. The van der Waals surface area contributed by atoms with Crippen LogP contribution in [-0.2, 0) is 0 Å². The monoisotopic (exact) mass is 650 g/mol. The van der Waals surface area contributed by atoms with E-state index in [1.807, 2.05) is 42.5 Å². The molecule has 4 nitrogen and oxygen atoms in total. The van der Waals surface area contributed by atoms with Gasteiger partial charge in [-0.05, 0) is 70.4 Å². The second kappa shape index (κ2) is 11.9. The van der Waals surface area contributed by atoms with E-state index >= 15 is 0 Å². The summed E-state index contributed by atoms with van der Waals surface area (Å²) in [7, 11) is 0. The van der Waals surface area contributed by atoms with Crippen LogP contribution in [0.4, 0.5) is 0 Å². The smallest absolute Gasteiger partial charge is 0.179 e. The van der Waals surface area contributed by atoms with Crippen molar-refractivity contribution in [1.82, 2.24) is 19.5 Å². The summed E-state index contributed by atoms with van der Waals surface area (Å²) in [6.45, 7) is 0. The van der Waals surface area contributed by atoms with Gasteiger partial charge in [0.05, 0.1) is 27.9 Å². The third-order valence-corrected chi connectivity index (χ3v) is 9.82. The largest absolute Gasteiger partial charge is 0.309 e. The van der Waals surface area contributed by atoms with Crippen molar-refractivity contribution in [2.24, 2.45) is 0 Å². The third-order valence-electron chi connectivity index (χ3n) is 9.82. The molecule has 0 bridgehead atoms. The maximum absolute atomic E-state index is 5.19. The van der Waals surface area contributed by atoms with Crippen molar-refractivity contribution in [2.75, 3.05) is 0 Å². The summed E-state index contributed by atoms with van der Waals surface area (Å²) < 4.78 is 2.36. The average molecular weight is 651 g/mol. The van der Waals surface area contributed by atoms with Gasteiger partial charge in [0, 0.05) is 33.0 Å². The first-order valence-electron chi connectivity index (χ1n) is 17.2. The Hall–Kier alpha value is -6.91. The highest BCUT2D eigenvalue weighted by atomic mass is 15.0. The van der Waals surface area contributed by atoms with Crippen LogP contribution < -0.4 is 0 Å². The van der Waals surface area contributed by atoms with Crippen molar-refractivity contribution in [3.05, 3.63) is 182 Å². The van der Waals surface area contributed by atoms with E-state index in [1.165, 1.54) is 38.3 Å². The van der Waals surface area contributed by atoms with Crippen LogP contribution >= 0.6 is 0 Å². The summed E-state index contributed by atoms with van der Waals surface area (Å²) in [5.41, 5.74) is 11.4. The lowest BCUT2D eigenvalue weighted by molar-refractivity contribution is 1.16. The number of benzene rings is 7. The fourth-order valence-electron chi connectivity index (χ4n) is 7.42. The minimum Gasteiger partial charge on any atom is -0.309 e. The van der Waals surface area contributed by atoms with Crippen molar-refractivity contribution in [3.63, 3.8) is 0 Å². The molecule has 4 heteroatoms. The van der Waals surface area contributed by atoms with Crippen molar-refractivity contribution in [2.45, 2.75) is 0 Å². The van der Waals surface area contributed by atoms with Crippen LogP contribution in [0.1, 0.15) is 0 Å². The zero-order chi connectivity index (χ0) is 33.7. The number of aromatic nitrogens is 4. The fraction of sp³-hybridized carbons (Fsp3) is 0. The second-order valence-electron chi connectivity index (χ2n) is 12.8. The van der Waals surface area contributed by atoms with Gasteiger partial charge in [0.1, 0.15) is 5.69 Å². The van der Waals surface area contributed by atoms with Gasteiger partial charge < -0.3 is 4.57 Å². The Morgan fingerprint density at radius 1 is 0.353 bits per heavy atom. The van der Waals surface area contributed by atoms with Gasteiger partial charge >= 0.3 is 0 Å². The number of rotatable bonds is 5. The van der Waals surface area contributed by atoms with Crippen molar-refractivity contribution >= 4 is 43.5 Å². The summed E-state index contributed by atoms with van der Waals surface area (Å²) in [6, 6.07) is 63.9. The highest BCUT2D eigenvalue weighted by molar-refractivity contribution is 6.12. The van der Waals surface area contributed by atoms with E-state index in [0.717, 1.165) is 50.2 Å². The van der Waals surface area contributed by atoms with Gasteiger partial charge in [0.15, 0.2) is 5.82 Å². The molecule has 0 saturated heterocycles. The van der Waals surface area contributed by atoms with E-state index < -0.39 is 0 Å². The minimum atomic E-state index is 0.602. The number of hydrogen-bond acceptors (Lipinski definition) is 3. The topological polar surface area (TPSA) is 43.6 Å². The van der Waals surface area contributed by atoms with E-state index in [1.54, 1.807) is 0 Å². The number of hydrogen-bond donors (Lipinski definition) is 0. The molecule has 0 N–H and O–H groups in total. The fourth-order valence-corrected chi connectivity index (χ4v) is 7.42. The highest BCUT2D eigenvalue weighted by Gasteiger charge is 2.17. The predicted molar refractivity (Wildman–Crippen MR) is 211 cm³/mol.